The van der Waals surface area contributed by atoms with Gasteiger partial charge in [-0.15, -0.1) is 0 Å². The lowest BCUT2D eigenvalue weighted by atomic mass is 10.6. The molecule has 2 heterocycles. The van der Waals surface area contributed by atoms with Crippen molar-refractivity contribution >= 4 is 5.82 Å². The van der Waals surface area contributed by atoms with Crippen LogP contribution in [-0.4, -0.2) is 20.4 Å². The van der Waals surface area contributed by atoms with Gasteiger partial charge in [0.15, 0.2) is 0 Å². The molecular formula is C6H9N5. The van der Waals surface area contributed by atoms with E-state index in [1.165, 1.54) is 0 Å². The molecule has 0 aromatic carbocycles. The molecule has 0 fully saturated rings. The van der Waals surface area contributed by atoms with E-state index in [0.29, 0.717) is 0 Å². The van der Waals surface area contributed by atoms with Crippen LogP contribution in [0.1, 0.15) is 0 Å². The topological polar surface area (TPSA) is 83.4 Å². The molecule has 2 aromatic rings. The molecular weight excluding hydrogens is 142 g/mol. The van der Waals surface area contributed by atoms with Crippen LogP contribution >= 0.6 is 0 Å². The standard InChI is InChI=1S/C4H6N2.C2H3N3/c5-4-2-1-3-6-4;1-2-4-5-3-1/h1-3,6H,5H2;1-2H,(H,3,4,5). The summed E-state index contributed by atoms with van der Waals surface area (Å²) < 4.78 is 0. The third-order valence-electron chi connectivity index (χ3n) is 0.953. The summed E-state index contributed by atoms with van der Waals surface area (Å²) in [6, 6.07) is 3.66. The zero-order chi connectivity index (χ0) is 7.94. The summed E-state index contributed by atoms with van der Waals surface area (Å²) in [4.78, 5) is 2.78. The molecule has 0 aliphatic heterocycles. The van der Waals surface area contributed by atoms with Crippen LogP contribution in [-0.2, 0) is 0 Å². The summed E-state index contributed by atoms with van der Waals surface area (Å²) in [7, 11) is 0. The molecule has 4 N–H and O–H groups in total. The normalized spacial score (nSPS) is 8.36. The number of nitrogens with two attached hydrogens (primary N) is 1. The summed E-state index contributed by atoms with van der Waals surface area (Å²) in [5.74, 6) is 0.718. The maximum atomic E-state index is 5.22. The van der Waals surface area contributed by atoms with Crippen molar-refractivity contribution in [3.63, 3.8) is 0 Å². The Morgan fingerprint density at radius 2 is 2.00 bits per heavy atom. The Morgan fingerprint density at radius 1 is 1.27 bits per heavy atom. The first-order chi connectivity index (χ1) is 5.39. The van der Waals surface area contributed by atoms with E-state index >= 15 is 0 Å². The summed E-state index contributed by atoms with van der Waals surface area (Å²) in [6.07, 6.45) is 4.95. The van der Waals surface area contributed by atoms with Gasteiger partial charge in [0.05, 0.1) is 12.4 Å². The first kappa shape index (κ1) is 7.33. The van der Waals surface area contributed by atoms with Gasteiger partial charge in [-0.05, 0) is 12.1 Å². The first-order valence-corrected chi connectivity index (χ1v) is 3.08. The number of rotatable bonds is 0. The molecule has 0 radical (unpaired) electrons. The van der Waals surface area contributed by atoms with Crippen LogP contribution in [0.25, 0.3) is 0 Å². The summed E-state index contributed by atoms with van der Waals surface area (Å²) in [6.45, 7) is 0. The van der Waals surface area contributed by atoms with E-state index in [1.54, 1.807) is 24.7 Å². The quantitative estimate of drug-likeness (QED) is 0.509. The Balaban J connectivity index is 0.000000112. The van der Waals surface area contributed by atoms with Gasteiger partial charge < -0.3 is 10.7 Å². The monoisotopic (exact) mass is 151 g/mol. The van der Waals surface area contributed by atoms with Crippen LogP contribution in [0.15, 0.2) is 30.7 Å². The third kappa shape index (κ3) is 3.04. The van der Waals surface area contributed by atoms with Crippen LogP contribution in [0.4, 0.5) is 5.82 Å². The van der Waals surface area contributed by atoms with Gasteiger partial charge in [0, 0.05) is 6.20 Å². The van der Waals surface area contributed by atoms with Crippen molar-refractivity contribution in [1.29, 1.82) is 0 Å². The van der Waals surface area contributed by atoms with Gasteiger partial charge in [-0.2, -0.15) is 15.4 Å². The SMILES string of the molecule is Nc1ccc[nH]1.c1cn[nH]n1. The molecule has 0 aliphatic carbocycles. The van der Waals surface area contributed by atoms with Crippen LogP contribution in [0.5, 0.6) is 0 Å². The van der Waals surface area contributed by atoms with Crippen molar-refractivity contribution < 1.29 is 0 Å². The second-order valence-electron chi connectivity index (χ2n) is 1.78. The Kier molecular flexibility index (Phi) is 2.73. The van der Waals surface area contributed by atoms with Gasteiger partial charge in [0.1, 0.15) is 5.82 Å². The molecule has 58 valence electrons. The maximum Gasteiger partial charge on any atom is 0.100 e. The molecule has 5 nitrogen and oxygen atoms in total. The van der Waals surface area contributed by atoms with Crippen molar-refractivity contribution in [3.05, 3.63) is 30.7 Å². The second kappa shape index (κ2) is 4.10. The van der Waals surface area contributed by atoms with Gasteiger partial charge in [0.2, 0.25) is 0 Å². The smallest absolute Gasteiger partial charge is 0.100 e. The minimum atomic E-state index is 0.718. The van der Waals surface area contributed by atoms with E-state index in [0.717, 1.165) is 5.82 Å². The van der Waals surface area contributed by atoms with Crippen LogP contribution in [0.3, 0.4) is 0 Å². The number of aromatic nitrogens is 4. The number of anilines is 1. The molecule has 0 aliphatic rings. The van der Waals surface area contributed by atoms with Gasteiger partial charge in [-0.1, -0.05) is 0 Å². The lowest BCUT2D eigenvalue weighted by Gasteiger charge is -1.72. The zero-order valence-electron chi connectivity index (χ0n) is 5.86. The fourth-order valence-corrected chi connectivity index (χ4v) is 0.511. The van der Waals surface area contributed by atoms with Crippen molar-refractivity contribution in [2.45, 2.75) is 0 Å². The minimum Gasteiger partial charge on any atom is -0.385 e. The van der Waals surface area contributed by atoms with E-state index in [4.69, 9.17) is 5.73 Å². The molecule has 0 amide bonds. The number of hydrogen-bond donors (Lipinski definition) is 3. The van der Waals surface area contributed by atoms with E-state index in [2.05, 4.69) is 20.4 Å². The van der Waals surface area contributed by atoms with Crippen LogP contribution in [0, 0.1) is 0 Å². The first-order valence-electron chi connectivity index (χ1n) is 3.08. The highest BCUT2D eigenvalue weighted by molar-refractivity contribution is 5.26. The molecule has 2 aromatic heterocycles. The Labute approximate surface area is 63.6 Å². The highest BCUT2D eigenvalue weighted by Gasteiger charge is 1.72. The van der Waals surface area contributed by atoms with E-state index < -0.39 is 0 Å². The van der Waals surface area contributed by atoms with Crippen molar-refractivity contribution in [2.75, 3.05) is 5.73 Å². The predicted molar refractivity (Wildman–Crippen MR) is 41.6 cm³/mol. The van der Waals surface area contributed by atoms with Crippen molar-refractivity contribution in [2.24, 2.45) is 0 Å². The predicted octanol–water partition coefficient (Wildman–Crippen LogP) is 0.402. The molecule has 0 spiro atoms. The second-order valence-corrected chi connectivity index (χ2v) is 1.78. The number of H-pyrrole nitrogens is 2. The minimum absolute atomic E-state index is 0.718. The lowest BCUT2D eigenvalue weighted by molar-refractivity contribution is 0.940. The largest absolute Gasteiger partial charge is 0.385 e. The lowest BCUT2D eigenvalue weighted by Crippen LogP contribution is -1.79. The molecule has 0 bridgehead atoms. The zero-order valence-corrected chi connectivity index (χ0v) is 5.86. The average Bonchev–Trinajstić information content (AvgIpc) is 2.57. The molecule has 0 unspecified atom stereocenters. The average molecular weight is 151 g/mol. The highest BCUT2D eigenvalue weighted by Crippen LogP contribution is 1.90. The molecule has 2 rings (SSSR count). The van der Waals surface area contributed by atoms with Gasteiger partial charge in [-0.25, -0.2) is 0 Å². The molecule has 0 atom stereocenters. The number of nitrogens with zero attached hydrogens (tertiary/aromatic N) is 2. The molecule has 0 saturated carbocycles. The molecule has 0 saturated heterocycles. The Morgan fingerprint density at radius 3 is 2.18 bits per heavy atom. The fourth-order valence-electron chi connectivity index (χ4n) is 0.511. The fraction of sp³-hybridized carbons (Fsp3) is 0. The summed E-state index contributed by atoms with van der Waals surface area (Å²) in [5, 5.41) is 9.33. The Bertz CT molecular complexity index is 229. The molecule has 5 heteroatoms. The number of nitrogens with one attached hydrogen (secondary N) is 2. The number of nitrogen functional groups attached to an aromatic ring is 1. The van der Waals surface area contributed by atoms with Crippen molar-refractivity contribution in [1.82, 2.24) is 20.4 Å². The van der Waals surface area contributed by atoms with Crippen LogP contribution < -0.4 is 5.73 Å². The van der Waals surface area contributed by atoms with E-state index in [-0.39, 0.29) is 0 Å². The summed E-state index contributed by atoms with van der Waals surface area (Å²) in [5.41, 5.74) is 5.22. The van der Waals surface area contributed by atoms with E-state index in [9.17, 15) is 0 Å². The Hall–Kier alpha value is -1.78. The number of hydrogen-bond acceptors (Lipinski definition) is 3. The third-order valence-corrected chi connectivity index (χ3v) is 0.953. The maximum absolute atomic E-state index is 5.22. The van der Waals surface area contributed by atoms with Gasteiger partial charge in [-0.3, -0.25) is 0 Å². The van der Waals surface area contributed by atoms with E-state index in [1.807, 2.05) is 6.07 Å². The van der Waals surface area contributed by atoms with Crippen LogP contribution in [0.2, 0.25) is 0 Å². The van der Waals surface area contributed by atoms with Gasteiger partial charge >= 0.3 is 0 Å². The van der Waals surface area contributed by atoms with Gasteiger partial charge in [0.25, 0.3) is 0 Å². The highest BCUT2D eigenvalue weighted by atomic mass is 15.3. The molecule has 11 heavy (non-hydrogen) atoms. The van der Waals surface area contributed by atoms with Crippen molar-refractivity contribution in [3.8, 4) is 0 Å². The number of aromatic amines is 2. The summed E-state index contributed by atoms with van der Waals surface area (Å²) >= 11 is 0.